The van der Waals surface area contributed by atoms with E-state index >= 15 is 0 Å². The molecule has 1 fully saturated rings. The van der Waals surface area contributed by atoms with Crippen molar-refractivity contribution in [1.82, 2.24) is 15.5 Å². The predicted molar refractivity (Wildman–Crippen MR) is 169 cm³/mol. The largest absolute Gasteiger partial charge is 0.503 e. The van der Waals surface area contributed by atoms with Crippen LogP contribution in [0.4, 0.5) is 13.6 Å². The first-order valence-electron chi connectivity index (χ1n) is 14.4. The monoisotopic (exact) mass is 589 g/mol. The molecule has 3 rings (SSSR count). The van der Waals surface area contributed by atoms with Crippen molar-refractivity contribution in [2.45, 2.75) is 38.3 Å². The van der Waals surface area contributed by atoms with Crippen LogP contribution in [0.25, 0.3) is 0 Å². The fourth-order valence-electron chi connectivity index (χ4n) is 4.68. The normalized spacial score (nSPS) is 14.4. The summed E-state index contributed by atoms with van der Waals surface area (Å²) < 4.78 is 32.6. The van der Waals surface area contributed by atoms with Gasteiger partial charge in [0.25, 0.3) is 0 Å². The maximum atomic E-state index is 13.5. The second-order valence-corrected chi connectivity index (χ2v) is 10.4. The molecule has 0 radical (unpaired) electrons. The molecule has 0 aliphatic carbocycles. The van der Waals surface area contributed by atoms with Crippen LogP contribution in [0.2, 0.25) is 0 Å². The zero-order valence-corrected chi connectivity index (χ0v) is 24.6. The zero-order chi connectivity index (χ0) is 31.2. The van der Waals surface area contributed by atoms with Crippen molar-refractivity contribution in [3.05, 3.63) is 138 Å². The van der Waals surface area contributed by atoms with Gasteiger partial charge in [-0.05, 0) is 78.3 Å². The standard InChI is InChI=1S/C35H41F2N3O3/c1-5-7-9-25(3)26(4)33(8-6-2)39-35(42)43-30-16-20-40(21-17-30)19-15-28-12-10-27(11-13-28)14-18-38-24-29-22-31(36)34(41)32(37)23-29/h5-13,22-23,30,38,41H,1-4,14-21,24H2,(H,39,42)/b9-7-,33-8+. The van der Waals surface area contributed by atoms with Gasteiger partial charge < -0.3 is 20.1 Å². The zero-order valence-electron chi connectivity index (χ0n) is 24.6. The van der Waals surface area contributed by atoms with Gasteiger partial charge in [0.2, 0.25) is 0 Å². The number of allylic oxidation sites excluding steroid dienone is 6. The average Bonchev–Trinajstić information content (AvgIpc) is 3.00. The molecule has 0 bridgehead atoms. The second-order valence-electron chi connectivity index (χ2n) is 10.4. The number of hydrogen-bond acceptors (Lipinski definition) is 5. The highest BCUT2D eigenvalue weighted by atomic mass is 19.1. The number of carbonyl (C=O) groups excluding carboxylic acids is 1. The maximum Gasteiger partial charge on any atom is 0.411 e. The van der Waals surface area contributed by atoms with Crippen molar-refractivity contribution in [3.63, 3.8) is 0 Å². The molecule has 43 heavy (non-hydrogen) atoms. The molecule has 0 atom stereocenters. The van der Waals surface area contributed by atoms with Crippen molar-refractivity contribution < 1.29 is 23.4 Å². The summed E-state index contributed by atoms with van der Waals surface area (Å²) in [4.78, 5) is 15.0. The van der Waals surface area contributed by atoms with Gasteiger partial charge >= 0.3 is 6.09 Å². The van der Waals surface area contributed by atoms with E-state index in [0.29, 0.717) is 35.5 Å². The number of hydrogen-bond donors (Lipinski definition) is 3. The second kappa shape index (κ2) is 17.0. The molecule has 1 aliphatic rings. The number of likely N-dealkylation sites (tertiary alicyclic amines) is 1. The predicted octanol–water partition coefficient (Wildman–Crippen LogP) is 6.66. The number of alkyl carbamates (subject to hydrolysis) is 1. The van der Waals surface area contributed by atoms with Gasteiger partial charge in [0, 0.05) is 26.2 Å². The van der Waals surface area contributed by atoms with Crippen molar-refractivity contribution in [2.24, 2.45) is 0 Å². The number of phenolic OH excluding ortho intramolecular Hbond substituents is 1. The summed E-state index contributed by atoms with van der Waals surface area (Å²) in [5.74, 6) is -2.86. The Hall–Kier alpha value is -4.27. The number of nitrogens with zero attached hydrogens (tertiary/aromatic N) is 1. The van der Waals surface area contributed by atoms with Gasteiger partial charge in [0.1, 0.15) is 6.10 Å². The van der Waals surface area contributed by atoms with Crippen LogP contribution in [-0.4, -0.2) is 48.4 Å². The van der Waals surface area contributed by atoms with E-state index in [4.69, 9.17) is 4.74 Å². The summed E-state index contributed by atoms with van der Waals surface area (Å²) in [5, 5.41) is 15.1. The molecular weight excluding hydrogens is 548 g/mol. The topological polar surface area (TPSA) is 73.8 Å². The summed E-state index contributed by atoms with van der Waals surface area (Å²) >= 11 is 0. The summed E-state index contributed by atoms with van der Waals surface area (Å²) in [7, 11) is 0. The van der Waals surface area contributed by atoms with Crippen molar-refractivity contribution in [1.29, 1.82) is 0 Å². The van der Waals surface area contributed by atoms with E-state index in [1.807, 2.05) is 0 Å². The first-order valence-corrected chi connectivity index (χ1v) is 14.4. The number of amides is 1. The Labute approximate surface area is 253 Å². The SMILES string of the molecule is C=C/C=C\C(=C)C(=C)/C(=C\C=C)NC(=O)OC1CCN(CCc2ccc(CCNCc3cc(F)c(O)c(F)c3)cc2)CC1. The van der Waals surface area contributed by atoms with E-state index in [1.165, 1.54) is 11.1 Å². The minimum Gasteiger partial charge on any atom is -0.503 e. The summed E-state index contributed by atoms with van der Waals surface area (Å²) in [6.07, 6.45) is 10.9. The number of phenols is 1. The van der Waals surface area contributed by atoms with Gasteiger partial charge in [-0.15, -0.1) is 0 Å². The molecule has 1 amide bonds. The number of nitrogens with one attached hydrogen (secondary N) is 2. The van der Waals surface area contributed by atoms with Gasteiger partial charge in [0.15, 0.2) is 17.4 Å². The van der Waals surface area contributed by atoms with Crippen LogP contribution in [0.1, 0.15) is 29.5 Å². The smallest absolute Gasteiger partial charge is 0.411 e. The molecule has 228 valence electrons. The third-order valence-electron chi connectivity index (χ3n) is 7.21. The number of carbonyl (C=O) groups is 1. The van der Waals surface area contributed by atoms with E-state index in [9.17, 15) is 18.7 Å². The third kappa shape index (κ3) is 10.8. The molecule has 8 heteroatoms. The van der Waals surface area contributed by atoms with Gasteiger partial charge in [-0.1, -0.05) is 74.9 Å². The number of benzene rings is 2. The van der Waals surface area contributed by atoms with E-state index in [1.54, 1.807) is 30.4 Å². The number of ether oxygens (including phenoxy) is 1. The lowest BCUT2D eigenvalue weighted by Gasteiger charge is -2.31. The molecule has 2 aromatic rings. The Bertz CT molecular complexity index is 1330. The first-order chi connectivity index (χ1) is 20.7. The van der Waals surface area contributed by atoms with E-state index in [0.717, 1.165) is 57.5 Å². The lowest BCUT2D eigenvalue weighted by molar-refractivity contribution is 0.0527. The quantitative estimate of drug-likeness (QED) is 0.160. The highest BCUT2D eigenvalue weighted by molar-refractivity contribution is 5.72. The van der Waals surface area contributed by atoms with Crippen molar-refractivity contribution in [3.8, 4) is 5.75 Å². The first kappa shape index (κ1) is 33.2. The van der Waals surface area contributed by atoms with Gasteiger partial charge in [0.05, 0.1) is 5.70 Å². The Kier molecular flexibility index (Phi) is 13.1. The fraction of sp³-hybridized carbons (Fsp3) is 0.286. The minimum absolute atomic E-state index is 0.154. The molecule has 2 aromatic carbocycles. The van der Waals surface area contributed by atoms with Gasteiger partial charge in [-0.25, -0.2) is 13.6 Å². The minimum atomic E-state index is -0.957. The van der Waals surface area contributed by atoms with Crippen LogP contribution in [0, 0.1) is 11.6 Å². The fourth-order valence-corrected chi connectivity index (χ4v) is 4.68. The maximum absolute atomic E-state index is 13.5. The number of aromatic hydroxyl groups is 1. The van der Waals surface area contributed by atoms with Crippen molar-refractivity contribution in [2.75, 3.05) is 26.2 Å². The van der Waals surface area contributed by atoms with Crippen LogP contribution < -0.4 is 10.6 Å². The Balaban J connectivity index is 1.34. The molecule has 0 unspecified atom stereocenters. The molecule has 0 spiro atoms. The number of rotatable bonds is 15. The average molecular weight is 590 g/mol. The third-order valence-corrected chi connectivity index (χ3v) is 7.21. The molecule has 1 heterocycles. The molecule has 0 aromatic heterocycles. The molecular formula is C35H41F2N3O3. The molecule has 6 nitrogen and oxygen atoms in total. The van der Waals surface area contributed by atoms with Crippen LogP contribution in [0.5, 0.6) is 5.75 Å². The Morgan fingerprint density at radius 2 is 1.63 bits per heavy atom. The lowest BCUT2D eigenvalue weighted by atomic mass is 10.0. The van der Waals surface area contributed by atoms with Crippen molar-refractivity contribution >= 4 is 6.09 Å². The molecule has 1 aliphatic heterocycles. The lowest BCUT2D eigenvalue weighted by Crippen LogP contribution is -2.40. The van der Waals surface area contributed by atoms with E-state index in [2.05, 4.69) is 66.1 Å². The van der Waals surface area contributed by atoms with Crippen LogP contribution >= 0.6 is 0 Å². The van der Waals surface area contributed by atoms with Crippen LogP contribution in [-0.2, 0) is 24.1 Å². The highest BCUT2D eigenvalue weighted by Crippen LogP contribution is 2.21. The Morgan fingerprint density at radius 3 is 2.23 bits per heavy atom. The van der Waals surface area contributed by atoms with E-state index in [-0.39, 0.29) is 6.10 Å². The van der Waals surface area contributed by atoms with Gasteiger partial charge in [-0.2, -0.15) is 0 Å². The number of piperidine rings is 1. The molecule has 1 saturated heterocycles. The van der Waals surface area contributed by atoms with Gasteiger partial charge in [-0.3, -0.25) is 5.32 Å². The van der Waals surface area contributed by atoms with Crippen LogP contribution in [0.3, 0.4) is 0 Å². The van der Waals surface area contributed by atoms with Crippen LogP contribution in [0.15, 0.2) is 110 Å². The van der Waals surface area contributed by atoms with E-state index < -0.39 is 23.5 Å². The Morgan fingerprint density at radius 1 is 1.00 bits per heavy atom. The number of halogens is 2. The highest BCUT2D eigenvalue weighted by Gasteiger charge is 2.23. The molecule has 0 saturated carbocycles. The molecule has 3 N–H and O–H groups in total. The summed E-state index contributed by atoms with van der Waals surface area (Å²) in [6, 6.07) is 10.7. The summed E-state index contributed by atoms with van der Waals surface area (Å²) in [5.41, 5.74) is 4.56. The summed E-state index contributed by atoms with van der Waals surface area (Å²) in [6.45, 7) is 18.9.